The molecule has 0 atom stereocenters. The largest absolute Gasteiger partial charge is 0.463 e. The lowest BCUT2D eigenvalue weighted by Crippen LogP contribution is -2.01. The third-order valence-electron chi connectivity index (χ3n) is 2.53. The topological polar surface area (TPSA) is 26.3 Å². The highest BCUT2D eigenvalue weighted by molar-refractivity contribution is 14.2. The van der Waals surface area contributed by atoms with Crippen LogP contribution in [0, 0.1) is 0 Å². The Balaban J connectivity index is 3.03. The minimum atomic E-state index is -0.306. The maximum atomic E-state index is 10.8. The molecule has 2 nitrogen and oxygen atoms in total. The van der Waals surface area contributed by atoms with Gasteiger partial charge in [-0.3, -0.25) is 0 Å². The number of esters is 1. The first kappa shape index (κ1) is 18.9. The van der Waals surface area contributed by atoms with Gasteiger partial charge >= 0.3 is 5.97 Å². The second-order valence-electron chi connectivity index (χ2n) is 4.10. The number of halogens is 2. The summed E-state index contributed by atoms with van der Waals surface area (Å²) in [6, 6.07) is 1.40. The third kappa shape index (κ3) is 14.9. The minimum absolute atomic E-state index is 0.306. The van der Waals surface area contributed by atoms with E-state index in [1.54, 1.807) is 0 Å². The Morgan fingerprint density at radius 3 is 2.22 bits per heavy atom. The Kier molecular flexibility index (Phi) is 15.0. The first-order chi connectivity index (χ1) is 8.66. The van der Waals surface area contributed by atoms with Crippen LogP contribution in [0.25, 0.3) is 0 Å². The van der Waals surface area contributed by atoms with Crippen molar-refractivity contribution in [3.63, 3.8) is 0 Å². The highest BCUT2D eigenvalue weighted by Gasteiger charge is 1.99. The molecule has 0 unspecified atom stereocenters. The van der Waals surface area contributed by atoms with Gasteiger partial charge in [-0.1, -0.05) is 96.3 Å². The highest BCUT2D eigenvalue weighted by atomic mass is 127. The van der Waals surface area contributed by atoms with E-state index in [2.05, 4.69) is 51.8 Å². The van der Waals surface area contributed by atoms with Gasteiger partial charge in [-0.25, -0.2) is 4.79 Å². The van der Waals surface area contributed by atoms with E-state index in [9.17, 15) is 4.79 Å². The van der Waals surface area contributed by atoms with E-state index >= 15 is 0 Å². The van der Waals surface area contributed by atoms with Crippen LogP contribution >= 0.6 is 45.2 Å². The minimum Gasteiger partial charge on any atom is -0.463 e. The molecule has 0 aliphatic heterocycles. The van der Waals surface area contributed by atoms with Gasteiger partial charge in [0.2, 0.25) is 0 Å². The molecule has 0 fully saturated rings. The fourth-order valence-electron chi connectivity index (χ4n) is 1.55. The van der Waals surface area contributed by atoms with Crippen molar-refractivity contribution < 1.29 is 9.53 Å². The van der Waals surface area contributed by atoms with Crippen LogP contribution in [-0.4, -0.2) is 23.7 Å². The van der Waals surface area contributed by atoms with Crippen molar-refractivity contribution in [2.75, 3.05) is 6.61 Å². The van der Waals surface area contributed by atoms with Gasteiger partial charge in [0, 0.05) is 6.08 Å². The maximum Gasteiger partial charge on any atom is 0.330 e. The predicted molar refractivity (Wildman–Crippen MR) is 95.9 cm³/mol. The zero-order valence-corrected chi connectivity index (χ0v) is 16.1. The number of rotatable bonds is 12. The maximum absolute atomic E-state index is 10.8. The van der Waals surface area contributed by atoms with E-state index in [4.69, 9.17) is 4.74 Å². The van der Waals surface area contributed by atoms with Crippen LogP contribution in [0.5, 0.6) is 0 Å². The fourth-order valence-corrected chi connectivity index (χ4v) is 4.09. The van der Waals surface area contributed by atoms with Crippen LogP contribution in [0.1, 0.15) is 44.9 Å². The van der Waals surface area contributed by atoms with Crippen molar-refractivity contribution in [2.45, 2.75) is 52.5 Å². The highest BCUT2D eigenvalue weighted by Crippen LogP contribution is 2.13. The second-order valence-corrected chi connectivity index (χ2v) is 12.8. The van der Waals surface area contributed by atoms with Crippen LogP contribution in [0.4, 0.5) is 0 Å². The zero-order chi connectivity index (χ0) is 13.6. The molecular weight excluding hydrogens is 470 g/mol. The van der Waals surface area contributed by atoms with Gasteiger partial charge in [-0.2, -0.15) is 0 Å². The standard InChI is InChI=1S/C13H22I2O2Si/c1-2-12(16)17-10-8-6-4-3-5-7-9-11-18-13(14)15/h2,13H,1,3-11H2. The quantitative estimate of drug-likeness (QED) is 0.0985. The Bertz CT molecular complexity index is 223. The normalized spacial score (nSPS) is 10.6. The molecule has 0 saturated heterocycles. The van der Waals surface area contributed by atoms with Crippen molar-refractivity contribution in [1.29, 1.82) is 0 Å². The van der Waals surface area contributed by atoms with Crippen molar-refractivity contribution in [3.05, 3.63) is 12.7 Å². The Hall–Kier alpha value is 0.887. The molecule has 0 amide bonds. The Labute approximate surface area is 141 Å². The summed E-state index contributed by atoms with van der Waals surface area (Å²) in [5.41, 5.74) is 0. The van der Waals surface area contributed by atoms with Gasteiger partial charge < -0.3 is 4.74 Å². The van der Waals surface area contributed by atoms with Crippen LogP contribution < -0.4 is 0 Å². The summed E-state index contributed by atoms with van der Waals surface area (Å²) in [6.07, 6.45) is 10.0. The first-order valence-electron chi connectivity index (χ1n) is 6.47. The molecule has 0 aliphatic carbocycles. The van der Waals surface area contributed by atoms with Crippen molar-refractivity contribution >= 4 is 60.7 Å². The molecular formula is C13H22I2O2Si. The summed E-state index contributed by atoms with van der Waals surface area (Å²) in [5.74, 6) is -0.306. The van der Waals surface area contributed by atoms with Gasteiger partial charge in [-0.05, 0) is 6.42 Å². The molecule has 104 valence electrons. The van der Waals surface area contributed by atoms with E-state index in [0.29, 0.717) is 6.61 Å². The van der Waals surface area contributed by atoms with Crippen molar-refractivity contribution in [3.8, 4) is 0 Å². The fraction of sp³-hybridized carbons (Fsp3) is 0.769. The molecule has 0 bridgehead atoms. The molecule has 0 aromatic carbocycles. The number of unbranched alkanes of at least 4 members (excludes halogenated alkanes) is 6. The molecule has 2 radical (unpaired) electrons. The molecule has 0 aliphatic rings. The van der Waals surface area contributed by atoms with E-state index in [1.165, 1.54) is 44.2 Å². The van der Waals surface area contributed by atoms with Crippen LogP contribution in [0.3, 0.4) is 0 Å². The van der Waals surface area contributed by atoms with E-state index in [1.807, 2.05) is 0 Å². The molecule has 0 aromatic rings. The van der Waals surface area contributed by atoms with Crippen LogP contribution in [0.15, 0.2) is 12.7 Å². The lowest BCUT2D eigenvalue weighted by molar-refractivity contribution is -0.137. The molecule has 0 saturated carbocycles. The number of carbonyl (C=O) groups excluding carboxylic acids is 1. The Morgan fingerprint density at radius 1 is 1.11 bits per heavy atom. The zero-order valence-electron chi connectivity index (χ0n) is 10.8. The Morgan fingerprint density at radius 2 is 1.67 bits per heavy atom. The number of alkyl halides is 2. The SMILES string of the molecule is C=CC(=O)OCCCCCCCCC[Si]C(I)I. The molecule has 18 heavy (non-hydrogen) atoms. The van der Waals surface area contributed by atoms with Crippen LogP contribution in [0.2, 0.25) is 6.04 Å². The van der Waals surface area contributed by atoms with E-state index in [0.717, 1.165) is 23.9 Å². The molecule has 0 heterocycles. The lowest BCUT2D eigenvalue weighted by atomic mass is 10.1. The molecule has 0 N–H and O–H groups in total. The summed E-state index contributed by atoms with van der Waals surface area (Å²) in [6.45, 7) is 3.90. The average molecular weight is 492 g/mol. The predicted octanol–water partition coefficient (Wildman–Crippen LogP) is 4.72. The number of hydrogen-bond acceptors (Lipinski definition) is 2. The van der Waals surface area contributed by atoms with Gasteiger partial charge in [0.25, 0.3) is 0 Å². The summed E-state index contributed by atoms with van der Waals surface area (Å²) in [7, 11) is 1.11. The third-order valence-corrected chi connectivity index (χ3v) is 6.12. The molecule has 0 spiro atoms. The van der Waals surface area contributed by atoms with E-state index < -0.39 is 0 Å². The lowest BCUT2D eigenvalue weighted by Gasteiger charge is -2.03. The summed E-state index contributed by atoms with van der Waals surface area (Å²) < 4.78 is 5.73. The van der Waals surface area contributed by atoms with E-state index in [-0.39, 0.29) is 5.97 Å². The van der Waals surface area contributed by atoms with Gasteiger partial charge in [0.1, 0.15) is 0 Å². The summed E-state index contributed by atoms with van der Waals surface area (Å²) in [4.78, 5) is 10.8. The van der Waals surface area contributed by atoms with Gasteiger partial charge in [0.15, 0.2) is 0 Å². The average Bonchev–Trinajstić information content (AvgIpc) is 2.35. The van der Waals surface area contributed by atoms with Crippen LogP contribution in [-0.2, 0) is 9.53 Å². The van der Waals surface area contributed by atoms with Gasteiger partial charge in [-0.15, -0.1) is 0 Å². The number of carbonyl (C=O) groups is 1. The monoisotopic (exact) mass is 492 g/mol. The molecule has 5 heteroatoms. The number of hydrogen-bond donors (Lipinski definition) is 0. The second kappa shape index (κ2) is 14.3. The number of ether oxygens (including phenoxy) is 1. The van der Waals surface area contributed by atoms with Crippen molar-refractivity contribution in [1.82, 2.24) is 0 Å². The summed E-state index contributed by atoms with van der Waals surface area (Å²) in [5, 5.41) is 0. The first-order valence-corrected chi connectivity index (χ1v) is 10.2. The summed E-state index contributed by atoms with van der Waals surface area (Å²) >= 11 is 4.99. The smallest absolute Gasteiger partial charge is 0.330 e. The molecule has 0 aromatic heterocycles. The van der Waals surface area contributed by atoms with Gasteiger partial charge in [0.05, 0.1) is 17.7 Å². The van der Waals surface area contributed by atoms with Crippen molar-refractivity contribution in [2.24, 2.45) is 0 Å². The molecule has 0 rings (SSSR count).